The molecule has 0 heterocycles. The fourth-order valence-corrected chi connectivity index (χ4v) is 2.16. The highest BCUT2D eigenvalue weighted by atomic mass is 32.1. The Kier molecular flexibility index (Phi) is 4.95. The van der Waals surface area contributed by atoms with Crippen LogP contribution in [0.4, 0.5) is 11.4 Å². The predicted octanol–water partition coefficient (Wildman–Crippen LogP) is 3.51. The zero-order valence-corrected chi connectivity index (χ0v) is 13.0. The lowest BCUT2D eigenvalue weighted by atomic mass is 10.2. The number of hydrogen-bond acceptors (Lipinski definition) is 3. The van der Waals surface area contributed by atoms with Gasteiger partial charge in [0.1, 0.15) is 5.75 Å². The van der Waals surface area contributed by atoms with E-state index in [1.165, 1.54) is 12.1 Å². The molecular weight excluding hydrogens is 300 g/mol. The van der Waals surface area contributed by atoms with Crippen LogP contribution in [0.5, 0.6) is 5.75 Å². The van der Waals surface area contributed by atoms with Crippen LogP contribution in [-0.4, -0.2) is 23.3 Å². The Morgan fingerprint density at radius 1 is 1.18 bits per heavy atom. The Morgan fingerprint density at radius 3 is 2.64 bits per heavy atom. The molecule has 0 fully saturated rings. The summed E-state index contributed by atoms with van der Waals surface area (Å²) in [5, 5.41) is 15.3. The molecule has 0 unspecified atom stereocenters. The van der Waals surface area contributed by atoms with Gasteiger partial charge in [0, 0.05) is 5.69 Å². The zero-order chi connectivity index (χ0) is 16.1. The van der Waals surface area contributed by atoms with Crippen LogP contribution in [0, 0.1) is 6.92 Å². The minimum absolute atomic E-state index is 0.195. The number of aryl methyl sites for hydroxylation is 1. The number of carboxylic acid groups (broad SMARTS) is 1. The Morgan fingerprint density at radius 2 is 1.95 bits per heavy atom. The van der Waals surface area contributed by atoms with Crippen LogP contribution in [0.2, 0.25) is 0 Å². The molecule has 0 radical (unpaired) electrons. The van der Waals surface area contributed by atoms with Crippen LogP contribution in [0.1, 0.15) is 15.9 Å². The molecule has 0 saturated carbocycles. The number of methoxy groups -OCH3 is 1. The number of ether oxygens (including phenoxy) is 1. The molecule has 22 heavy (non-hydrogen) atoms. The van der Waals surface area contributed by atoms with Crippen molar-refractivity contribution in [3.05, 3.63) is 53.6 Å². The highest BCUT2D eigenvalue weighted by Gasteiger charge is 2.07. The summed E-state index contributed by atoms with van der Waals surface area (Å²) in [6.45, 7) is 1.97. The standard InChI is InChI=1S/C16H16N2O3S/c1-10-6-7-14(21-2)13(8-10)18-16(22)17-12-5-3-4-11(9-12)15(19)20/h3-9H,1-2H3,(H,19,20)(H2,17,18,22). The van der Waals surface area contributed by atoms with E-state index in [9.17, 15) is 4.79 Å². The van der Waals surface area contributed by atoms with E-state index in [2.05, 4.69) is 10.6 Å². The van der Waals surface area contributed by atoms with Crippen LogP contribution in [0.3, 0.4) is 0 Å². The second kappa shape index (κ2) is 6.91. The summed E-state index contributed by atoms with van der Waals surface area (Å²) in [4.78, 5) is 11.0. The lowest BCUT2D eigenvalue weighted by Gasteiger charge is -2.14. The number of anilines is 2. The van der Waals surface area contributed by atoms with Gasteiger partial charge in [-0.15, -0.1) is 0 Å². The maximum atomic E-state index is 11.0. The third kappa shape index (κ3) is 3.95. The molecule has 0 aliphatic carbocycles. The summed E-state index contributed by atoms with van der Waals surface area (Å²) in [7, 11) is 1.59. The van der Waals surface area contributed by atoms with Gasteiger partial charge in [0.05, 0.1) is 18.4 Å². The molecule has 2 aromatic rings. The summed E-state index contributed by atoms with van der Waals surface area (Å²) in [6.07, 6.45) is 0. The first-order valence-corrected chi connectivity index (χ1v) is 6.96. The Hall–Kier alpha value is -2.60. The van der Waals surface area contributed by atoms with Gasteiger partial charge in [0.25, 0.3) is 0 Å². The van der Waals surface area contributed by atoms with E-state index in [1.807, 2.05) is 25.1 Å². The largest absolute Gasteiger partial charge is 0.495 e. The smallest absolute Gasteiger partial charge is 0.335 e. The van der Waals surface area contributed by atoms with Gasteiger partial charge in [0.2, 0.25) is 0 Å². The van der Waals surface area contributed by atoms with E-state index >= 15 is 0 Å². The number of rotatable bonds is 4. The molecule has 0 aliphatic heterocycles. The molecule has 0 atom stereocenters. The molecule has 0 aromatic heterocycles. The van der Waals surface area contributed by atoms with E-state index in [1.54, 1.807) is 19.2 Å². The first-order valence-electron chi connectivity index (χ1n) is 6.55. The Balaban J connectivity index is 2.12. The van der Waals surface area contributed by atoms with Crippen molar-refractivity contribution in [3.8, 4) is 5.75 Å². The monoisotopic (exact) mass is 316 g/mol. The fraction of sp³-hybridized carbons (Fsp3) is 0.125. The van der Waals surface area contributed by atoms with E-state index in [-0.39, 0.29) is 5.56 Å². The number of carbonyl (C=O) groups is 1. The summed E-state index contributed by atoms with van der Waals surface area (Å²) in [6, 6.07) is 12.1. The van der Waals surface area contributed by atoms with Crippen molar-refractivity contribution in [1.82, 2.24) is 0 Å². The highest BCUT2D eigenvalue weighted by Crippen LogP contribution is 2.25. The molecule has 0 amide bonds. The van der Waals surface area contributed by atoms with E-state index in [0.29, 0.717) is 16.5 Å². The van der Waals surface area contributed by atoms with E-state index in [0.717, 1.165) is 11.3 Å². The molecular formula is C16H16N2O3S. The zero-order valence-electron chi connectivity index (χ0n) is 12.2. The van der Waals surface area contributed by atoms with Crippen molar-refractivity contribution < 1.29 is 14.6 Å². The molecule has 114 valence electrons. The summed E-state index contributed by atoms with van der Waals surface area (Å²) in [5.74, 6) is -0.308. The van der Waals surface area contributed by atoms with E-state index in [4.69, 9.17) is 22.1 Å². The van der Waals surface area contributed by atoms with Crippen molar-refractivity contribution >= 4 is 34.7 Å². The third-order valence-electron chi connectivity index (χ3n) is 2.97. The van der Waals surface area contributed by atoms with Crippen molar-refractivity contribution in [3.63, 3.8) is 0 Å². The van der Waals surface area contributed by atoms with Crippen LogP contribution >= 0.6 is 12.2 Å². The topological polar surface area (TPSA) is 70.6 Å². The number of aromatic carboxylic acids is 1. The summed E-state index contributed by atoms with van der Waals surface area (Å²) < 4.78 is 5.27. The minimum Gasteiger partial charge on any atom is -0.495 e. The Bertz CT molecular complexity index is 716. The average molecular weight is 316 g/mol. The van der Waals surface area contributed by atoms with Gasteiger partial charge in [-0.05, 0) is 55.0 Å². The van der Waals surface area contributed by atoms with Gasteiger partial charge in [-0.25, -0.2) is 4.79 Å². The third-order valence-corrected chi connectivity index (χ3v) is 3.17. The Labute approximate surface area is 133 Å². The second-order valence-corrected chi connectivity index (χ2v) is 5.08. The number of nitrogens with one attached hydrogen (secondary N) is 2. The molecule has 2 aromatic carbocycles. The van der Waals surface area contributed by atoms with Crippen molar-refractivity contribution in [2.45, 2.75) is 6.92 Å². The van der Waals surface area contributed by atoms with Crippen LogP contribution in [0.15, 0.2) is 42.5 Å². The lowest BCUT2D eigenvalue weighted by molar-refractivity contribution is 0.0697. The molecule has 0 bridgehead atoms. The van der Waals surface area contributed by atoms with Crippen LogP contribution in [-0.2, 0) is 0 Å². The first kappa shape index (κ1) is 15.8. The predicted molar refractivity (Wildman–Crippen MR) is 91.0 cm³/mol. The molecule has 6 heteroatoms. The first-order chi connectivity index (χ1) is 10.5. The van der Waals surface area contributed by atoms with Crippen LogP contribution in [0.25, 0.3) is 0 Å². The van der Waals surface area contributed by atoms with Crippen molar-refractivity contribution in [2.75, 3.05) is 17.7 Å². The average Bonchev–Trinajstić information content (AvgIpc) is 2.47. The van der Waals surface area contributed by atoms with Crippen molar-refractivity contribution in [2.24, 2.45) is 0 Å². The van der Waals surface area contributed by atoms with Gasteiger partial charge < -0.3 is 20.5 Å². The number of thiocarbonyl (C=S) groups is 1. The molecule has 2 rings (SSSR count). The van der Waals surface area contributed by atoms with Gasteiger partial charge in [0.15, 0.2) is 5.11 Å². The van der Waals surface area contributed by atoms with Gasteiger partial charge in [-0.1, -0.05) is 12.1 Å². The maximum Gasteiger partial charge on any atom is 0.335 e. The second-order valence-electron chi connectivity index (χ2n) is 4.67. The number of benzene rings is 2. The molecule has 3 N–H and O–H groups in total. The quantitative estimate of drug-likeness (QED) is 0.750. The van der Waals surface area contributed by atoms with Crippen LogP contribution < -0.4 is 15.4 Å². The summed E-state index contributed by atoms with van der Waals surface area (Å²) >= 11 is 5.25. The molecule has 0 aliphatic rings. The van der Waals surface area contributed by atoms with Gasteiger partial charge in [-0.2, -0.15) is 0 Å². The molecule has 5 nitrogen and oxygen atoms in total. The number of hydrogen-bond donors (Lipinski definition) is 3. The minimum atomic E-state index is -0.983. The summed E-state index contributed by atoms with van der Waals surface area (Å²) in [5.41, 5.74) is 2.61. The fourth-order valence-electron chi connectivity index (χ4n) is 1.93. The SMILES string of the molecule is COc1ccc(C)cc1NC(=S)Nc1cccc(C(=O)O)c1. The normalized spacial score (nSPS) is 9.91. The number of carboxylic acids is 1. The lowest BCUT2D eigenvalue weighted by Crippen LogP contribution is -2.19. The molecule has 0 spiro atoms. The van der Waals surface area contributed by atoms with Gasteiger partial charge >= 0.3 is 5.97 Å². The van der Waals surface area contributed by atoms with Crippen molar-refractivity contribution in [1.29, 1.82) is 0 Å². The van der Waals surface area contributed by atoms with E-state index < -0.39 is 5.97 Å². The maximum absolute atomic E-state index is 11.0. The highest BCUT2D eigenvalue weighted by molar-refractivity contribution is 7.80. The molecule has 0 saturated heterocycles. The van der Waals surface area contributed by atoms with Gasteiger partial charge in [-0.3, -0.25) is 0 Å².